The van der Waals surface area contributed by atoms with Gasteiger partial charge in [-0.25, -0.2) is 4.79 Å². The molecule has 1 saturated carbocycles. The monoisotopic (exact) mass is 442 g/mol. The number of fused-ring (bicyclic) bond motifs is 2. The smallest absolute Gasteiger partial charge is 0.409 e. The van der Waals surface area contributed by atoms with E-state index in [1.54, 1.807) is 6.07 Å². The van der Waals surface area contributed by atoms with Crippen LogP contribution in [0.2, 0.25) is 0 Å². The summed E-state index contributed by atoms with van der Waals surface area (Å²) in [6.07, 6.45) is 5.99. The lowest BCUT2D eigenvalue weighted by molar-refractivity contribution is -0.142. The number of carbonyl (C=O) groups excluding carboxylic acids is 2. The van der Waals surface area contributed by atoms with Crippen LogP contribution >= 0.6 is 0 Å². The second-order valence-corrected chi connectivity index (χ2v) is 10.2. The number of hydrogen-bond acceptors (Lipinski definition) is 5. The van der Waals surface area contributed by atoms with Crippen molar-refractivity contribution < 1.29 is 14.3 Å². The van der Waals surface area contributed by atoms with E-state index < -0.39 is 11.5 Å². The van der Waals surface area contributed by atoms with Crippen LogP contribution in [0.25, 0.3) is 0 Å². The molecule has 3 aliphatic rings. The summed E-state index contributed by atoms with van der Waals surface area (Å²) in [5.74, 6) is 2.25. The standard InChI is InChI=1S/C25H38N4O3/c1-17(2)18-3-5-20(6-4-18)28-12-9-25(10-13-28)22-8-7-21(32-24(27)31)15-19(22)16-29(14-11-26)23(25)30/h7-8,15,17-18,20H,3-6,9-14,16,26H2,1-2H3,(H2,27,31). The molecule has 176 valence electrons. The lowest BCUT2D eigenvalue weighted by Gasteiger charge is -2.49. The van der Waals surface area contributed by atoms with Crippen LogP contribution in [-0.4, -0.2) is 54.0 Å². The van der Waals surface area contributed by atoms with E-state index in [2.05, 4.69) is 18.7 Å². The van der Waals surface area contributed by atoms with Gasteiger partial charge in [0.05, 0.1) is 5.41 Å². The number of likely N-dealkylation sites (tertiary alicyclic amines) is 1. The van der Waals surface area contributed by atoms with Crippen LogP contribution in [-0.2, 0) is 16.8 Å². The first kappa shape index (κ1) is 23.1. The SMILES string of the molecule is CC(C)C1CCC(N2CCC3(CC2)C(=O)N(CCN)Cc2cc(OC(N)=O)ccc23)CC1. The maximum Gasteiger partial charge on any atom is 0.409 e. The third kappa shape index (κ3) is 4.37. The van der Waals surface area contributed by atoms with Gasteiger partial charge in [-0.3, -0.25) is 4.79 Å². The molecule has 0 aromatic heterocycles. The molecule has 1 aliphatic carbocycles. The molecular weight excluding hydrogens is 404 g/mol. The van der Waals surface area contributed by atoms with Crippen molar-refractivity contribution in [1.82, 2.24) is 9.80 Å². The highest BCUT2D eigenvalue weighted by molar-refractivity contribution is 5.90. The van der Waals surface area contributed by atoms with Crippen molar-refractivity contribution in [2.45, 2.75) is 70.4 Å². The number of rotatable bonds is 5. The van der Waals surface area contributed by atoms with Gasteiger partial charge in [0, 0.05) is 25.7 Å². The zero-order valence-corrected chi connectivity index (χ0v) is 19.5. The predicted octanol–water partition coefficient (Wildman–Crippen LogP) is 2.99. The molecule has 1 aromatic rings. The van der Waals surface area contributed by atoms with Gasteiger partial charge in [-0.2, -0.15) is 0 Å². The minimum Gasteiger partial charge on any atom is -0.410 e. The Balaban J connectivity index is 1.53. The van der Waals surface area contributed by atoms with Gasteiger partial charge < -0.3 is 26.0 Å². The topological polar surface area (TPSA) is 102 Å². The Morgan fingerprint density at radius 2 is 1.88 bits per heavy atom. The summed E-state index contributed by atoms with van der Waals surface area (Å²) in [7, 11) is 0. The Morgan fingerprint density at radius 3 is 2.47 bits per heavy atom. The van der Waals surface area contributed by atoms with E-state index in [-0.39, 0.29) is 5.91 Å². The lowest BCUT2D eigenvalue weighted by atomic mass is 9.67. The number of primary amides is 1. The molecule has 2 amide bonds. The van der Waals surface area contributed by atoms with Crippen LogP contribution in [0.1, 0.15) is 63.5 Å². The van der Waals surface area contributed by atoms with E-state index in [0.29, 0.717) is 31.4 Å². The predicted molar refractivity (Wildman–Crippen MR) is 124 cm³/mol. The fraction of sp³-hybridized carbons (Fsp3) is 0.680. The van der Waals surface area contributed by atoms with Crippen molar-refractivity contribution >= 4 is 12.0 Å². The molecule has 1 spiro atoms. The van der Waals surface area contributed by atoms with E-state index in [1.165, 1.54) is 25.7 Å². The summed E-state index contributed by atoms with van der Waals surface area (Å²) in [6.45, 7) is 8.02. The van der Waals surface area contributed by atoms with Gasteiger partial charge in [0.2, 0.25) is 5.91 Å². The molecule has 2 heterocycles. The van der Waals surface area contributed by atoms with Gasteiger partial charge in [-0.05, 0) is 86.7 Å². The summed E-state index contributed by atoms with van der Waals surface area (Å²) in [4.78, 5) is 29.4. The zero-order chi connectivity index (χ0) is 22.9. The third-order valence-electron chi connectivity index (χ3n) is 8.12. The van der Waals surface area contributed by atoms with E-state index in [9.17, 15) is 9.59 Å². The quantitative estimate of drug-likeness (QED) is 0.730. The van der Waals surface area contributed by atoms with Crippen LogP contribution in [0.3, 0.4) is 0 Å². The largest absolute Gasteiger partial charge is 0.410 e. The molecule has 4 rings (SSSR count). The van der Waals surface area contributed by atoms with Crippen LogP contribution in [0, 0.1) is 11.8 Å². The first-order valence-corrected chi connectivity index (χ1v) is 12.2. The number of benzene rings is 1. The summed E-state index contributed by atoms with van der Waals surface area (Å²) in [5.41, 5.74) is 12.6. The van der Waals surface area contributed by atoms with E-state index in [4.69, 9.17) is 16.2 Å². The van der Waals surface area contributed by atoms with Crippen molar-refractivity contribution in [3.05, 3.63) is 29.3 Å². The second kappa shape index (κ2) is 9.40. The van der Waals surface area contributed by atoms with E-state index >= 15 is 0 Å². The number of ether oxygens (including phenoxy) is 1. The van der Waals surface area contributed by atoms with Gasteiger partial charge in [0.15, 0.2) is 0 Å². The Bertz CT molecular complexity index is 840. The molecule has 2 aliphatic heterocycles. The van der Waals surface area contributed by atoms with Crippen molar-refractivity contribution in [2.75, 3.05) is 26.2 Å². The lowest BCUT2D eigenvalue weighted by Crippen LogP contribution is -2.57. The number of amides is 2. The van der Waals surface area contributed by atoms with Gasteiger partial charge in [0.1, 0.15) is 5.75 Å². The highest BCUT2D eigenvalue weighted by Gasteiger charge is 2.49. The van der Waals surface area contributed by atoms with E-state index in [1.807, 2.05) is 17.0 Å². The average molecular weight is 443 g/mol. The Kier molecular flexibility index (Phi) is 6.77. The van der Waals surface area contributed by atoms with Gasteiger partial charge in [-0.15, -0.1) is 0 Å². The Labute approximate surface area is 191 Å². The number of hydrogen-bond donors (Lipinski definition) is 2. The maximum absolute atomic E-state index is 13.7. The highest BCUT2D eigenvalue weighted by Crippen LogP contribution is 2.45. The van der Waals surface area contributed by atoms with Gasteiger partial charge >= 0.3 is 6.09 Å². The normalized spacial score (nSPS) is 25.8. The fourth-order valence-electron chi connectivity index (χ4n) is 6.27. The number of piperidine rings is 1. The van der Waals surface area contributed by atoms with Crippen LogP contribution in [0.5, 0.6) is 5.75 Å². The summed E-state index contributed by atoms with van der Waals surface area (Å²) < 4.78 is 5.10. The molecule has 2 fully saturated rings. The molecule has 0 unspecified atom stereocenters. The molecule has 0 atom stereocenters. The van der Waals surface area contributed by atoms with Crippen molar-refractivity contribution in [2.24, 2.45) is 23.3 Å². The van der Waals surface area contributed by atoms with Crippen molar-refractivity contribution in [1.29, 1.82) is 0 Å². The Morgan fingerprint density at radius 1 is 1.19 bits per heavy atom. The molecule has 1 aromatic carbocycles. The first-order valence-electron chi connectivity index (χ1n) is 12.2. The second-order valence-electron chi connectivity index (χ2n) is 10.2. The number of carbonyl (C=O) groups is 2. The highest BCUT2D eigenvalue weighted by atomic mass is 16.5. The summed E-state index contributed by atoms with van der Waals surface area (Å²) in [6, 6.07) is 6.23. The van der Waals surface area contributed by atoms with Crippen molar-refractivity contribution in [3.8, 4) is 5.75 Å². The van der Waals surface area contributed by atoms with Gasteiger partial charge in [-0.1, -0.05) is 19.9 Å². The fourth-order valence-corrected chi connectivity index (χ4v) is 6.27. The molecule has 0 bridgehead atoms. The minimum absolute atomic E-state index is 0.196. The molecule has 32 heavy (non-hydrogen) atoms. The molecule has 7 nitrogen and oxygen atoms in total. The van der Waals surface area contributed by atoms with Crippen molar-refractivity contribution in [3.63, 3.8) is 0 Å². The molecule has 0 radical (unpaired) electrons. The molecular formula is C25H38N4O3. The minimum atomic E-state index is -0.828. The summed E-state index contributed by atoms with van der Waals surface area (Å²) in [5, 5.41) is 0. The molecule has 1 saturated heterocycles. The maximum atomic E-state index is 13.7. The Hall–Kier alpha value is -2.12. The van der Waals surface area contributed by atoms with Crippen LogP contribution < -0.4 is 16.2 Å². The number of nitrogens with zero attached hydrogens (tertiary/aromatic N) is 2. The molecule has 7 heteroatoms. The summed E-state index contributed by atoms with van der Waals surface area (Å²) >= 11 is 0. The first-order chi connectivity index (χ1) is 15.3. The van der Waals surface area contributed by atoms with Crippen LogP contribution in [0.4, 0.5) is 4.79 Å². The molecule has 4 N–H and O–H groups in total. The third-order valence-corrected chi connectivity index (χ3v) is 8.12. The number of nitrogens with two attached hydrogens (primary N) is 2. The van der Waals surface area contributed by atoms with Crippen LogP contribution in [0.15, 0.2) is 18.2 Å². The van der Waals surface area contributed by atoms with Gasteiger partial charge in [0.25, 0.3) is 0 Å². The van der Waals surface area contributed by atoms with E-state index in [0.717, 1.165) is 48.9 Å². The zero-order valence-electron chi connectivity index (χ0n) is 19.5. The average Bonchev–Trinajstić information content (AvgIpc) is 2.77.